The van der Waals surface area contributed by atoms with Crippen LogP contribution in [0.4, 0.5) is 5.69 Å². The second-order valence-corrected chi connectivity index (χ2v) is 6.08. The first-order valence-corrected chi connectivity index (χ1v) is 8.30. The maximum Gasteiger partial charge on any atom is 0.238 e. The normalized spacial score (nSPS) is 10.5. The van der Waals surface area contributed by atoms with Crippen molar-refractivity contribution in [3.05, 3.63) is 47.5 Å². The van der Waals surface area contributed by atoms with Gasteiger partial charge in [0.2, 0.25) is 5.91 Å². The lowest BCUT2D eigenvalue weighted by Gasteiger charge is -2.19. The summed E-state index contributed by atoms with van der Waals surface area (Å²) in [4.78, 5) is 14.2. The molecule has 0 aromatic heterocycles. The molecule has 1 amide bonds. The van der Waals surface area contributed by atoms with E-state index >= 15 is 0 Å². The van der Waals surface area contributed by atoms with Crippen LogP contribution < -0.4 is 19.5 Å². The molecular weight excluding hydrogens is 332 g/mol. The van der Waals surface area contributed by atoms with Gasteiger partial charge in [-0.25, -0.2) is 0 Å². The number of carbonyl (C=O) groups is 1. The van der Waals surface area contributed by atoms with E-state index in [1.165, 1.54) is 0 Å². The molecule has 0 aliphatic rings. The van der Waals surface area contributed by atoms with Crippen molar-refractivity contribution in [3.63, 3.8) is 0 Å². The van der Waals surface area contributed by atoms with Crippen molar-refractivity contribution in [2.75, 3.05) is 40.2 Å². The molecule has 26 heavy (non-hydrogen) atoms. The first-order chi connectivity index (χ1) is 12.5. The largest absolute Gasteiger partial charge is 0.497 e. The molecule has 0 atom stereocenters. The van der Waals surface area contributed by atoms with E-state index in [0.29, 0.717) is 18.0 Å². The molecule has 2 aromatic rings. The molecule has 0 bridgehead atoms. The van der Waals surface area contributed by atoms with Gasteiger partial charge >= 0.3 is 0 Å². The highest BCUT2D eigenvalue weighted by atomic mass is 16.5. The number of hydrogen-bond acceptors (Lipinski definition) is 5. The fourth-order valence-electron chi connectivity index (χ4n) is 2.66. The highest BCUT2D eigenvalue weighted by Gasteiger charge is 2.12. The van der Waals surface area contributed by atoms with Crippen molar-refractivity contribution in [3.8, 4) is 17.2 Å². The first kappa shape index (κ1) is 19.6. The Balaban J connectivity index is 1.97. The van der Waals surface area contributed by atoms with Gasteiger partial charge in [0.1, 0.15) is 5.75 Å². The van der Waals surface area contributed by atoms with Gasteiger partial charge < -0.3 is 19.5 Å². The fraction of sp³-hybridized carbons (Fsp3) is 0.350. The summed E-state index contributed by atoms with van der Waals surface area (Å²) in [6.45, 7) is 2.92. The predicted molar refractivity (Wildman–Crippen MR) is 102 cm³/mol. The second kappa shape index (κ2) is 9.10. The summed E-state index contributed by atoms with van der Waals surface area (Å²) < 4.78 is 15.8. The van der Waals surface area contributed by atoms with Crippen molar-refractivity contribution < 1.29 is 19.0 Å². The van der Waals surface area contributed by atoms with E-state index in [4.69, 9.17) is 14.2 Å². The van der Waals surface area contributed by atoms with Crippen LogP contribution in [0.3, 0.4) is 0 Å². The van der Waals surface area contributed by atoms with Gasteiger partial charge in [0.25, 0.3) is 0 Å². The zero-order valence-corrected chi connectivity index (χ0v) is 16.0. The lowest BCUT2D eigenvalue weighted by Crippen LogP contribution is -2.30. The van der Waals surface area contributed by atoms with Gasteiger partial charge in [-0.3, -0.25) is 9.69 Å². The minimum Gasteiger partial charge on any atom is -0.497 e. The molecule has 6 nitrogen and oxygen atoms in total. The summed E-state index contributed by atoms with van der Waals surface area (Å²) in [6.07, 6.45) is 0. The number of hydrogen-bond donors (Lipinski definition) is 1. The van der Waals surface area contributed by atoms with Crippen LogP contribution in [0.2, 0.25) is 0 Å². The Kier molecular flexibility index (Phi) is 6.86. The molecule has 0 fully saturated rings. The Morgan fingerprint density at radius 1 is 1.00 bits per heavy atom. The van der Waals surface area contributed by atoms with E-state index in [9.17, 15) is 4.79 Å². The molecule has 0 unspecified atom stereocenters. The number of nitrogens with one attached hydrogen (secondary N) is 1. The predicted octanol–water partition coefficient (Wildman–Crippen LogP) is 3.09. The molecular formula is C20H26N2O4. The number of anilines is 1. The Morgan fingerprint density at radius 2 is 1.62 bits per heavy atom. The van der Waals surface area contributed by atoms with E-state index in [2.05, 4.69) is 5.32 Å². The van der Waals surface area contributed by atoms with Crippen LogP contribution in [0.15, 0.2) is 36.4 Å². The average molecular weight is 358 g/mol. The van der Waals surface area contributed by atoms with Gasteiger partial charge in [-0.05, 0) is 61.5 Å². The zero-order valence-electron chi connectivity index (χ0n) is 16.0. The van der Waals surface area contributed by atoms with Gasteiger partial charge in [-0.2, -0.15) is 0 Å². The molecule has 140 valence electrons. The molecule has 0 saturated heterocycles. The van der Waals surface area contributed by atoms with Crippen LogP contribution >= 0.6 is 0 Å². The minimum absolute atomic E-state index is 0.0733. The number of aryl methyl sites for hydroxylation is 1. The monoisotopic (exact) mass is 358 g/mol. The van der Waals surface area contributed by atoms with E-state index < -0.39 is 0 Å². The summed E-state index contributed by atoms with van der Waals surface area (Å²) in [6, 6.07) is 11.1. The summed E-state index contributed by atoms with van der Waals surface area (Å²) in [5.74, 6) is 2.07. The molecule has 0 spiro atoms. The van der Waals surface area contributed by atoms with Crippen molar-refractivity contribution in [1.29, 1.82) is 0 Å². The number of methoxy groups -OCH3 is 3. The first-order valence-electron chi connectivity index (χ1n) is 8.30. The fourth-order valence-corrected chi connectivity index (χ4v) is 2.66. The standard InChI is InChI=1S/C20H26N2O4/c1-14-10-18(25-4)19(26-5)11-15(14)12-22(2)13-20(23)21-16-6-8-17(24-3)9-7-16/h6-11H,12-13H2,1-5H3,(H,21,23). The van der Waals surface area contributed by atoms with Crippen molar-refractivity contribution in [1.82, 2.24) is 4.90 Å². The van der Waals surface area contributed by atoms with Crippen LogP contribution in [0.5, 0.6) is 17.2 Å². The third-order valence-electron chi connectivity index (χ3n) is 4.07. The van der Waals surface area contributed by atoms with Gasteiger partial charge in [0.15, 0.2) is 11.5 Å². The highest BCUT2D eigenvalue weighted by molar-refractivity contribution is 5.92. The summed E-state index contributed by atoms with van der Waals surface area (Å²) >= 11 is 0. The van der Waals surface area contributed by atoms with E-state index in [0.717, 1.165) is 22.6 Å². The average Bonchev–Trinajstić information content (AvgIpc) is 2.63. The molecule has 0 aliphatic heterocycles. The number of rotatable bonds is 8. The lowest BCUT2D eigenvalue weighted by molar-refractivity contribution is -0.117. The number of benzene rings is 2. The smallest absolute Gasteiger partial charge is 0.238 e. The third-order valence-corrected chi connectivity index (χ3v) is 4.07. The number of amides is 1. The zero-order chi connectivity index (χ0) is 19.1. The Hall–Kier alpha value is -2.73. The topological polar surface area (TPSA) is 60.0 Å². The Labute approximate surface area is 154 Å². The molecule has 0 aliphatic carbocycles. The van der Waals surface area contributed by atoms with Crippen molar-refractivity contribution in [2.45, 2.75) is 13.5 Å². The number of likely N-dealkylation sites (N-methyl/N-ethyl adjacent to an activating group) is 1. The molecule has 2 aromatic carbocycles. The lowest BCUT2D eigenvalue weighted by atomic mass is 10.1. The summed E-state index contributed by atoms with van der Waals surface area (Å²) in [5.41, 5.74) is 2.92. The molecule has 1 N–H and O–H groups in total. The molecule has 2 rings (SSSR count). The second-order valence-electron chi connectivity index (χ2n) is 6.08. The van der Waals surface area contributed by atoms with Gasteiger partial charge in [0.05, 0.1) is 27.9 Å². The van der Waals surface area contributed by atoms with E-state index in [-0.39, 0.29) is 12.5 Å². The van der Waals surface area contributed by atoms with Crippen LogP contribution in [0, 0.1) is 6.92 Å². The Bertz CT molecular complexity index is 744. The SMILES string of the molecule is COc1ccc(NC(=O)CN(C)Cc2cc(OC)c(OC)cc2C)cc1. The van der Waals surface area contributed by atoms with Crippen molar-refractivity contribution in [2.24, 2.45) is 0 Å². The van der Waals surface area contributed by atoms with Crippen LogP contribution in [-0.2, 0) is 11.3 Å². The van der Waals surface area contributed by atoms with Gasteiger partial charge in [-0.1, -0.05) is 0 Å². The quantitative estimate of drug-likeness (QED) is 0.786. The van der Waals surface area contributed by atoms with Crippen LogP contribution in [-0.4, -0.2) is 45.7 Å². The molecule has 0 radical (unpaired) electrons. The maximum atomic E-state index is 12.2. The summed E-state index contributed by atoms with van der Waals surface area (Å²) in [5, 5.41) is 2.88. The van der Waals surface area contributed by atoms with E-state index in [1.807, 2.05) is 55.3 Å². The Morgan fingerprint density at radius 3 is 2.19 bits per heavy atom. The van der Waals surface area contributed by atoms with Gasteiger partial charge in [-0.15, -0.1) is 0 Å². The molecule has 0 heterocycles. The number of nitrogens with zero attached hydrogens (tertiary/aromatic N) is 1. The van der Waals surface area contributed by atoms with Gasteiger partial charge in [0, 0.05) is 12.2 Å². The number of carbonyl (C=O) groups excluding carboxylic acids is 1. The third kappa shape index (κ3) is 5.13. The van der Waals surface area contributed by atoms with E-state index in [1.54, 1.807) is 21.3 Å². The minimum atomic E-state index is -0.0733. The van der Waals surface area contributed by atoms with Crippen LogP contribution in [0.25, 0.3) is 0 Å². The molecule has 6 heteroatoms. The molecule has 0 saturated carbocycles. The maximum absolute atomic E-state index is 12.2. The summed E-state index contributed by atoms with van der Waals surface area (Å²) in [7, 11) is 6.75. The van der Waals surface area contributed by atoms with Crippen LogP contribution in [0.1, 0.15) is 11.1 Å². The highest BCUT2D eigenvalue weighted by Crippen LogP contribution is 2.30. The van der Waals surface area contributed by atoms with Crippen molar-refractivity contribution >= 4 is 11.6 Å². The number of ether oxygens (including phenoxy) is 3.